The summed E-state index contributed by atoms with van der Waals surface area (Å²) in [6, 6.07) is 9.52. The third kappa shape index (κ3) is 5.72. The van der Waals surface area contributed by atoms with Gasteiger partial charge in [0.05, 0.1) is 17.6 Å². The maximum atomic E-state index is 15.3. The first-order valence-electron chi connectivity index (χ1n) is 10.0. The van der Waals surface area contributed by atoms with E-state index in [4.69, 9.17) is 4.74 Å². The predicted octanol–water partition coefficient (Wildman–Crippen LogP) is 6.36. The molecule has 0 saturated carbocycles. The van der Waals surface area contributed by atoms with Gasteiger partial charge in [-0.05, 0) is 63.4 Å². The molecular weight excluding hydrogens is 406 g/mol. The van der Waals surface area contributed by atoms with Crippen molar-refractivity contribution in [1.82, 2.24) is 4.98 Å². The van der Waals surface area contributed by atoms with Gasteiger partial charge in [-0.15, -0.1) is 11.8 Å². The van der Waals surface area contributed by atoms with Crippen LogP contribution in [0.15, 0.2) is 41.3 Å². The van der Waals surface area contributed by atoms with Crippen LogP contribution in [-0.4, -0.2) is 22.7 Å². The third-order valence-electron chi connectivity index (χ3n) is 5.18. The first-order chi connectivity index (χ1) is 14.0. The number of carbonyl (C=O) groups excluding carboxylic acids is 1. The number of thioether (sulfide) groups is 1. The molecule has 0 fully saturated rings. The Labute approximate surface area is 181 Å². The molecule has 1 aromatic heterocycles. The van der Waals surface area contributed by atoms with Crippen molar-refractivity contribution >= 4 is 23.5 Å². The molecule has 2 unspecified atom stereocenters. The van der Waals surface area contributed by atoms with E-state index >= 15 is 4.39 Å². The molecule has 2 atom stereocenters. The summed E-state index contributed by atoms with van der Waals surface area (Å²) in [5, 5.41) is 2.77. The van der Waals surface area contributed by atoms with Crippen molar-refractivity contribution in [3.8, 4) is 5.75 Å². The number of anilines is 1. The second kappa shape index (κ2) is 9.77. The highest BCUT2D eigenvalue weighted by Crippen LogP contribution is 2.37. The van der Waals surface area contributed by atoms with Crippen molar-refractivity contribution < 1.29 is 18.3 Å². The fraction of sp³-hybridized carbons (Fsp3) is 0.478. The zero-order chi connectivity index (χ0) is 22.5. The van der Waals surface area contributed by atoms with E-state index in [0.29, 0.717) is 16.4 Å². The number of amides is 1. The second-order valence-corrected chi connectivity index (χ2v) is 9.73. The van der Waals surface area contributed by atoms with Gasteiger partial charge in [0.25, 0.3) is 0 Å². The Morgan fingerprint density at radius 2 is 1.97 bits per heavy atom. The number of carbonyl (C=O) groups is 1. The first-order valence-corrected chi connectivity index (χ1v) is 10.8. The van der Waals surface area contributed by atoms with Crippen LogP contribution in [0.3, 0.4) is 0 Å². The molecule has 4 nitrogen and oxygen atoms in total. The highest BCUT2D eigenvalue weighted by atomic mass is 32.2. The van der Waals surface area contributed by atoms with Gasteiger partial charge >= 0.3 is 0 Å². The monoisotopic (exact) mass is 436 g/mol. The van der Waals surface area contributed by atoms with Crippen LogP contribution in [0.2, 0.25) is 0 Å². The molecule has 0 aliphatic rings. The van der Waals surface area contributed by atoms with E-state index in [2.05, 4.69) is 10.3 Å². The summed E-state index contributed by atoms with van der Waals surface area (Å²) in [5.74, 6) is -0.557. The number of aromatic nitrogens is 1. The lowest BCUT2D eigenvalue weighted by Gasteiger charge is -2.28. The number of nitrogens with one attached hydrogen (secondary N) is 1. The molecule has 0 spiro atoms. The van der Waals surface area contributed by atoms with Crippen LogP contribution in [-0.2, 0) is 10.5 Å². The highest BCUT2D eigenvalue weighted by molar-refractivity contribution is 8.01. The normalized spacial score (nSPS) is 14.7. The van der Waals surface area contributed by atoms with E-state index < -0.39 is 16.2 Å². The minimum Gasteiger partial charge on any atom is -0.494 e. The number of ether oxygens (including phenoxy) is 1. The van der Waals surface area contributed by atoms with Crippen molar-refractivity contribution in [2.75, 3.05) is 12.4 Å². The van der Waals surface area contributed by atoms with Crippen LogP contribution in [0, 0.1) is 11.7 Å². The lowest BCUT2D eigenvalue weighted by atomic mass is 9.86. The van der Waals surface area contributed by atoms with Gasteiger partial charge in [-0.1, -0.05) is 26.3 Å². The lowest BCUT2D eigenvalue weighted by molar-refractivity contribution is -0.117. The molecule has 0 aliphatic carbocycles. The van der Waals surface area contributed by atoms with Crippen LogP contribution in [0.1, 0.15) is 53.2 Å². The summed E-state index contributed by atoms with van der Waals surface area (Å²) in [7, 11) is 1.40. The fourth-order valence-electron chi connectivity index (χ4n) is 3.05. The number of methoxy groups -OCH3 is 1. The van der Waals surface area contributed by atoms with Gasteiger partial charge in [0, 0.05) is 4.90 Å². The topological polar surface area (TPSA) is 51.2 Å². The zero-order valence-corrected chi connectivity index (χ0v) is 19.2. The first kappa shape index (κ1) is 24.1. The van der Waals surface area contributed by atoms with E-state index in [1.165, 1.54) is 37.9 Å². The number of benzene rings is 1. The van der Waals surface area contributed by atoms with Crippen molar-refractivity contribution in [3.63, 3.8) is 0 Å². The molecule has 2 rings (SSSR count). The van der Waals surface area contributed by atoms with Gasteiger partial charge in [0.15, 0.2) is 17.2 Å². The molecule has 30 heavy (non-hydrogen) atoms. The quantitative estimate of drug-likeness (QED) is 0.465. The average Bonchev–Trinajstić information content (AvgIpc) is 2.68. The summed E-state index contributed by atoms with van der Waals surface area (Å²) in [4.78, 5) is 17.8. The van der Waals surface area contributed by atoms with Gasteiger partial charge in [-0.2, -0.15) is 0 Å². The largest absolute Gasteiger partial charge is 0.494 e. The smallest absolute Gasteiger partial charge is 0.241 e. The maximum Gasteiger partial charge on any atom is 0.241 e. The van der Waals surface area contributed by atoms with Crippen LogP contribution in [0.4, 0.5) is 14.6 Å². The van der Waals surface area contributed by atoms with Gasteiger partial charge in [0.2, 0.25) is 5.91 Å². The van der Waals surface area contributed by atoms with Crippen molar-refractivity contribution in [2.45, 2.75) is 62.8 Å². The third-order valence-corrected chi connectivity index (χ3v) is 6.37. The molecular formula is C23H30F2N2O2S. The highest BCUT2D eigenvalue weighted by Gasteiger charge is 2.35. The maximum absolute atomic E-state index is 15.3. The summed E-state index contributed by atoms with van der Waals surface area (Å²) in [6.07, 6.45) is 1.63. The molecule has 0 radical (unpaired) electrons. The van der Waals surface area contributed by atoms with Crippen LogP contribution in [0.5, 0.6) is 5.75 Å². The van der Waals surface area contributed by atoms with Gasteiger partial charge < -0.3 is 10.1 Å². The van der Waals surface area contributed by atoms with Crippen molar-refractivity contribution in [1.29, 1.82) is 0 Å². The summed E-state index contributed by atoms with van der Waals surface area (Å²) in [6.45, 7) is 8.89. The molecule has 1 heterocycles. The molecule has 0 saturated heterocycles. The molecule has 0 aliphatic heterocycles. The Morgan fingerprint density at radius 1 is 1.27 bits per heavy atom. The summed E-state index contributed by atoms with van der Waals surface area (Å²) < 4.78 is 33.3. The number of hydrogen-bond donors (Lipinski definition) is 1. The fourth-order valence-corrected chi connectivity index (χ4v) is 4.08. The number of nitrogens with zero attached hydrogens (tertiary/aromatic N) is 1. The predicted molar refractivity (Wildman–Crippen MR) is 118 cm³/mol. The molecule has 1 amide bonds. The standard InChI is InChI=1S/C23H30F2N2O2S/c1-7-9-15(2)23(5,25)19-10-8-11-20(26-19)27-21(28)22(3,4)30-16-12-13-18(29-6)17(24)14-16/h8,10-15H,7,9H2,1-6H3,(H,26,27,28). The van der Waals surface area contributed by atoms with Crippen LogP contribution in [0.25, 0.3) is 0 Å². The minimum absolute atomic E-state index is 0.147. The molecule has 1 aromatic carbocycles. The van der Waals surface area contributed by atoms with Gasteiger partial charge in [-0.25, -0.2) is 13.8 Å². The van der Waals surface area contributed by atoms with Crippen molar-refractivity contribution in [3.05, 3.63) is 47.9 Å². The SMILES string of the molecule is CCCC(C)C(C)(F)c1cccc(NC(=O)C(C)(C)Sc2ccc(OC)c(F)c2)n1. The van der Waals surface area contributed by atoms with Crippen LogP contribution < -0.4 is 10.1 Å². The van der Waals surface area contributed by atoms with Gasteiger partial charge in [0.1, 0.15) is 5.82 Å². The molecule has 164 valence electrons. The Hall–Kier alpha value is -2.15. The number of hydrogen-bond acceptors (Lipinski definition) is 4. The van der Waals surface area contributed by atoms with E-state index in [1.807, 2.05) is 13.8 Å². The average molecular weight is 437 g/mol. The zero-order valence-electron chi connectivity index (χ0n) is 18.4. The number of rotatable bonds is 9. The Balaban J connectivity index is 2.15. The number of alkyl halides is 1. The van der Waals surface area contributed by atoms with Crippen molar-refractivity contribution in [2.24, 2.45) is 5.92 Å². The Kier molecular flexibility index (Phi) is 7.86. The van der Waals surface area contributed by atoms with Gasteiger partial charge in [-0.3, -0.25) is 4.79 Å². The molecule has 0 bridgehead atoms. The summed E-state index contributed by atoms with van der Waals surface area (Å²) >= 11 is 1.22. The Bertz CT molecular complexity index is 887. The van der Waals surface area contributed by atoms with E-state index in [1.54, 1.807) is 38.1 Å². The Morgan fingerprint density at radius 3 is 2.57 bits per heavy atom. The second-order valence-electron chi connectivity index (χ2n) is 8.04. The molecule has 1 N–H and O–H groups in total. The van der Waals surface area contributed by atoms with E-state index in [-0.39, 0.29) is 17.6 Å². The van der Waals surface area contributed by atoms with Crippen LogP contribution >= 0.6 is 11.8 Å². The lowest BCUT2D eigenvalue weighted by Crippen LogP contribution is -2.34. The summed E-state index contributed by atoms with van der Waals surface area (Å²) in [5.41, 5.74) is -1.30. The molecule has 7 heteroatoms. The van der Waals surface area contributed by atoms with E-state index in [0.717, 1.165) is 12.8 Å². The number of halogens is 2. The minimum atomic E-state index is -1.60. The molecule has 2 aromatic rings. The number of pyridine rings is 1. The van der Waals surface area contributed by atoms with E-state index in [9.17, 15) is 9.18 Å².